The van der Waals surface area contributed by atoms with Crippen molar-refractivity contribution in [2.75, 3.05) is 11.6 Å². The van der Waals surface area contributed by atoms with Gasteiger partial charge in [0.15, 0.2) is 0 Å². The number of hydrogen-bond donors (Lipinski definition) is 1. The number of nitrogens with zero attached hydrogens (tertiary/aromatic N) is 4. The Balaban J connectivity index is 2.36. The van der Waals surface area contributed by atoms with Crippen LogP contribution in [0, 0.1) is 17.5 Å². The predicted molar refractivity (Wildman–Crippen MR) is 92.0 cm³/mol. The van der Waals surface area contributed by atoms with Gasteiger partial charge in [0.25, 0.3) is 5.78 Å². The maximum absolute atomic E-state index is 14.3. The van der Waals surface area contributed by atoms with Crippen LogP contribution in [0.3, 0.4) is 0 Å². The Bertz CT molecular complexity index is 1030. The normalized spacial score (nSPS) is 13.2. The first kappa shape index (κ1) is 20.5. The molecule has 1 N–H and O–H groups in total. The summed E-state index contributed by atoms with van der Waals surface area (Å²) < 4.78 is 82.1. The molecule has 0 amide bonds. The highest BCUT2D eigenvalue weighted by Crippen LogP contribution is 2.39. The third-order valence-corrected chi connectivity index (χ3v) is 4.52. The zero-order chi connectivity index (χ0) is 20.8. The summed E-state index contributed by atoms with van der Waals surface area (Å²) in [7, 11) is 0. The Morgan fingerprint density at radius 2 is 1.71 bits per heavy atom. The summed E-state index contributed by atoms with van der Waals surface area (Å²) in [5.74, 6) is -4.61. The maximum atomic E-state index is 14.3. The predicted octanol–water partition coefficient (Wildman–Crippen LogP) is 4.95. The van der Waals surface area contributed by atoms with E-state index in [0.29, 0.717) is 12.1 Å². The monoisotopic (exact) mass is 441 g/mol. The summed E-state index contributed by atoms with van der Waals surface area (Å²) in [5.41, 5.74) is -1.39. The van der Waals surface area contributed by atoms with Crippen LogP contribution in [0.25, 0.3) is 16.9 Å². The molecule has 0 aliphatic rings. The second-order valence-corrected chi connectivity index (χ2v) is 6.72. The molecule has 0 radical (unpaired) electrons. The lowest BCUT2D eigenvalue weighted by Crippen LogP contribution is -2.34. The number of anilines is 1. The fraction of sp³-hybridized carbons (Fsp3) is 0.267. The third-order valence-electron chi connectivity index (χ3n) is 3.71. The molecule has 3 aromatic rings. The summed E-state index contributed by atoms with van der Waals surface area (Å²) >= 11 is 7.10. The molecule has 2 aromatic heterocycles. The molecule has 0 bridgehead atoms. The van der Waals surface area contributed by atoms with Crippen LogP contribution >= 0.6 is 23.4 Å². The van der Waals surface area contributed by atoms with E-state index in [1.165, 1.54) is 0 Å². The molecule has 2 heterocycles. The summed E-state index contributed by atoms with van der Waals surface area (Å²) in [5, 5.41) is 5.69. The van der Waals surface area contributed by atoms with Crippen molar-refractivity contribution >= 4 is 35.0 Å². The zero-order valence-electron chi connectivity index (χ0n) is 14.1. The van der Waals surface area contributed by atoms with Crippen molar-refractivity contribution in [2.45, 2.75) is 24.3 Å². The Morgan fingerprint density at radius 3 is 2.25 bits per heavy atom. The second-order valence-electron chi connectivity index (χ2n) is 5.59. The topological polar surface area (TPSA) is 55.1 Å². The fourth-order valence-corrected chi connectivity index (χ4v) is 2.96. The van der Waals surface area contributed by atoms with Crippen LogP contribution in [-0.4, -0.2) is 38.1 Å². The lowest BCUT2D eigenvalue weighted by atomic mass is 10.1. The van der Waals surface area contributed by atoms with Crippen molar-refractivity contribution < 1.29 is 26.3 Å². The van der Waals surface area contributed by atoms with Crippen LogP contribution in [0.2, 0.25) is 5.15 Å². The van der Waals surface area contributed by atoms with E-state index in [9.17, 15) is 26.3 Å². The van der Waals surface area contributed by atoms with Gasteiger partial charge in [0.1, 0.15) is 34.5 Å². The van der Waals surface area contributed by atoms with Gasteiger partial charge in [0.2, 0.25) is 5.16 Å². The molecular formula is C15H10ClF6N5S. The SMILES string of the molecule is CSc1nc2nc(Cl)c(-c3c(F)cc(F)cc3F)c(NC(C)C(F)(F)F)n2n1. The van der Waals surface area contributed by atoms with E-state index in [0.717, 1.165) is 23.2 Å². The van der Waals surface area contributed by atoms with E-state index in [-0.39, 0.29) is 10.9 Å². The molecule has 0 fully saturated rings. The number of alkyl halides is 3. The number of fused-ring (bicyclic) bond motifs is 1. The molecule has 28 heavy (non-hydrogen) atoms. The van der Waals surface area contributed by atoms with Gasteiger partial charge < -0.3 is 5.32 Å². The van der Waals surface area contributed by atoms with Gasteiger partial charge in [-0.3, -0.25) is 0 Å². The van der Waals surface area contributed by atoms with E-state index < -0.39 is 51.8 Å². The van der Waals surface area contributed by atoms with E-state index in [2.05, 4.69) is 20.4 Å². The van der Waals surface area contributed by atoms with Gasteiger partial charge in [0, 0.05) is 12.1 Å². The molecule has 0 aliphatic heterocycles. The van der Waals surface area contributed by atoms with Gasteiger partial charge in [-0.05, 0) is 13.2 Å². The van der Waals surface area contributed by atoms with Crippen molar-refractivity contribution in [3.63, 3.8) is 0 Å². The third kappa shape index (κ3) is 3.70. The molecular weight excluding hydrogens is 432 g/mol. The Morgan fingerprint density at radius 1 is 1.11 bits per heavy atom. The first-order valence-corrected chi connectivity index (χ1v) is 9.11. The van der Waals surface area contributed by atoms with Gasteiger partial charge in [-0.1, -0.05) is 23.4 Å². The van der Waals surface area contributed by atoms with E-state index in [1.807, 2.05) is 0 Å². The number of halogens is 7. The lowest BCUT2D eigenvalue weighted by molar-refractivity contribution is -0.138. The van der Waals surface area contributed by atoms with Gasteiger partial charge in [-0.25, -0.2) is 13.2 Å². The highest BCUT2D eigenvalue weighted by atomic mass is 35.5. The van der Waals surface area contributed by atoms with E-state index in [4.69, 9.17) is 11.6 Å². The average molecular weight is 442 g/mol. The van der Waals surface area contributed by atoms with Crippen molar-refractivity contribution in [1.29, 1.82) is 0 Å². The quantitative estimate of drug-likeness (QED) is 0.353. The molecule has 150 valence electrons. The average Bonchev–Trinajstić information content (AvgIpc) is 2.98. The van der Waals surface area contributed by atoms with Crippen LogP contribution in [0.5, 0.6) is 0 Å². The van der Waals surface area contributed by atoms with E-state index in [1.54, 1.807) is 6.26 Å². The maximum Gasteiger partial charge on any atom is 0.408 e. The summed E-state index contributed by atoms with van der Waals surface area (Å²) in [6.07, 6.45) is -3.08. The molecule has 0 saturated heterocycles. The van der Waals surface area contributed by atoms with Crippen molar-refractivity contribution in [2.24, 2.45) is 0 Å². The molecule has 0 saturated carbocycles. The van der Waals surface area contributed by atoms with Gasteiger partial charge in [0.05, 0.1) is 11.1 Å². The highest BCUT2D eigenvalue weighted by molar-refractivity contribution is 7.98. The highest BCUT2D eigenvalue weighted by Gasteiger charge is 2.38. The van der Waals surface area contributed by atoms with Gasteiger partial charge in [-0.15, -0.1) is 5.10 Å². The molecule has 0 aliphatic carbocycles. The Kier molecular flexibility index (Phi) is 5.36. The first-order chi connectivity index (χ1) is 13.0. The first-order valence-electron chi connectivity index (χ1n) is 7.51. The molecule has 3 rings (SSSR count). The molecule has 1 atom stereocenters. The number of rotatable bonds is 4. The van der Waals surface area contributed by atoms with Gasteiger partial charge >= 0.3 is 6.18 Å². The number of aromatic nitrogens is 4. The minimum Gasteiger partial charge on any atom is -0.358 e. The Hall–Kier alpha value is -2.21. The minimum absolute atomic E-state index is 0.142. The van der Waals surface area contributed by atoms with Crippen molar-refractivity contribution in [3.8, 4) is 11.1 Å². The number of hydrogen-bond acceptors (Lipinski definition) is 5. The molecule has 0 spiro atoms. The van der Waals surface area contributed by atoms with Crippen molar-refractivity contribution in [3.05, 3.63) is 34.7 Å². The van der Waals surface area contributed by atoms with Crippen LogP contribution in [-0.2, 0) is 0 Å². The van der Waals surface area contributed by atoms with Crippen LogP contribution in [0.1, 0.15) is 6.92 Å². The summed E-state index contributed by atoms with van der Waals surface area (Å²) in [4.78, 5) is 7.81. The second kappa shape index (κ2) is 7.32. The number of benzene rings is 1. The van der Waals surface area contributed by atoms with E-state index >= 15 is 0 Å². The molecule has 1 unspecified atom stereocenters. The number of nitrogens with one attached hydrogen (secondary N) is 1. The molecule has 13 heteroatoms. The lowest BCUT2D eigenvalue weighted by Gasteiger charge is -2.21. The minimum atomic E-state index is -4.69. The van der Waals surface area contributed by atoms with Crippen LogP contribution < -0.4 is 5.32 Å². The van der Waals surface area contributed by atoms with Gasteiger partial charge in [-0.2, -0.15) is 27.7 Å². The van der Waals surface area contributed by atoms with Crippen molar-refractivity contribution in [1.82, 2.24) is 19.6 Å². The van der Waals surface area contributed by atoms with Crippen LogP contribution in [0.15, 0.2) is 17.3 Å². The standard InChI is InChI=1S/C15H10ClF6N5S/c1-5(15(20,21)22)23-12-10(9-7(18)3-6(17)4-8(9)19)11(16)24-13-25-14(28-2)26-27(12)13/h3-5,23H,1-2H3. The molecule has 5 nitrogen and oxygen atoms in total. The summed E-state index contributed by atoms with van der Waals surface area (Å²) in [6, 6.07) is -1.38. The summed E-state index contributed by atoms with van der Waals surface area (Å²) in [6.45, 7) is 0.799. The number of thioether (sulfide) groups is 1. The largest absolute Gasteiger partial charge is 0.408 e. The fourth-order valence-electron chi connectivity index (χ4n) is 2.36. The van der Waals surface area contributed by atoms with Crippen LogP contribution in [0.4, 0.5) is 32.2 Å². The smallest absolute Gasteiger partial charge is 0.358 e. The molecule has 1 aromatic carbocycles. The zero-order valence-corrected chi connectivity index (χ0v) is 15.6. The Labute approximate surface area is 163 Å².